The van der Waals surface area contributed by atoms with Gasteiger partial charge < -0.3 is 5.32 Å². The first-order chi connectivity index (χ1) is 13.1. The van der Waals surface area contributed by atoms with E-state index < -0.39 is 0 Å². The molecule has 0 bridgehead atoms. The number of aryl methyl sites for hydroxylation is 1. The first kappa shape index (κ1) is 17.5. The van der Waals surface area contributed by atoms with Crippen LogP contribution in [0.25, 0.3) is 10.9 Å². The van der Waals surface area contributed by atoms with Crippen molar-refractivity contribution in [1.82, 2.24) is 14.9 Å². The lowest BCUT2D eigenvalue weighted by Crippen LogP contribution is -2.27. The quantitative estimate of drug-likeness (QED) is 0.775. The molecule has 0 saturated carbocycles. The van der Waals surface area contributed by atoms with Crippen LogP contribution in [0.15, 0.2) is 53.3 Å². The van der Waals surface area contributed by atoms with E-state index in [2.05, 4.69) is 5.32 Å². The summed E-state index contributed by atoms with van der Waals surface area (Å²) in [4.78, 5) is 30.2. The minimum absolute atomic E-state index is 0.00140. The largest absolute Gasteiger partial charge is 0.346 e. The average Bonchev–Trinajstić information content (AvgIpc) is 2.94. The van der Waals surface area contributed by atoms with Gasteiger partial charge >= 0.3 is 0 Å². The van der Waals surface area contributed by atoms with Gasteiger partial charge in [0.05, 0.1) is 16.9 Å². The Morgan fingerprint density at radius 2 is 1.93 bits per heavy atom. The molecule has 0 fully saturated rings. The Labute approximate surface area is 158 Å². The van der Waals surface area contributed by atoms with Crippen LogP contribution in [0.2, 0.25) is 0 Å². The van der Waals surface area contributed by atoms with E-state index in [1.54, 1.807) is 22.8 Å². The molecule has 1 aromatic heterocycles. The molecule has 1 atom stereocenters. The maximum absolute atomic E-state index is 12.8. The van der Waals surface area contributed by atoms with E-state index in [-0.39, 0.29) is 17.5 Å². The summed E-state index contributed by atoms with van der Waals surface area (Å²) < 4.78 is 1.80. The number of aromatic nitrogens is 2. The summed E-state index contributed by atoms with van der Waals surface area (Å²) >= 11 is 0. The molecule has 0 saturated heterocycles. The van der Waals surface area contributed by atoms with Crippen molar-refractivity contribution in [2.24, 2.45) is 0 Å². The maximum atomic E-state index is 12.8. The third-order valence-electron chi connectivity index (χ3n) is 5.23. The number of benzene rings is 2. The Bertz CT molecular complexity index is 1040. The molecule has 27 heavy (non-hydrogen) atoms. The van der Waals surface area contributed by atoms with Crippen molar-refractivity contribution >= 4 is 16.8 Å². The predicted octanol–water partition coefficient (Wildman–Crippen LogP) is 3.61. The van der Waals surface area contributed by atoms with Crippen molar-refractivity contribution in [2.45, 2.75) is 45.2 Å². The molecule has 5 nitrogen and oxygen atoms in total. The number of hydrogen-bond acceptors (Lipinski definition) is 3. The topological polar surface area (TPSA) is 64.0 Å². The van der Waals surface area contributed by atoms with Crippen LogP contribution in [-0.2, 0) is 13.0 Å². The zero-order valence-corrected chi connectivity index (χ0v) is 15.4. The van der Waals surface area contributed by atoms with Crippen LogP contribution in [0, 0.1) is 0 Å². The number of hydrogen-bond donors (Lipinski definition) is 1. The van der Waals surface area contributed by atoms with Crippen molar-refractivity contribution in [1.29, 1.82) is 0 Å². The maximum Gasteiger partial charge on any atom is 0.261 e. The van der Waals surface area contributed by atoms with Gasteiger partial charge in [-0.05, 0) is 43.5 Å². The zero-order chi connectivity index (χ0) is 18.8. The minimum Gasteiger partial charge on any atom is -0.346 e. The fraction of sp³-hybridized carbons (Fsp3) is 0.318. The molecular weight excluding hydrogens is 338 g/mol. The second-order valence-electron chi connectivity index (χ2n) is 7.13. The number of carbonyl (C=O) groups excluding carboxylic acids is 1. The Balaban J connectivity index is 1.65. The molecule has 1 aliphatic heterocycles. The van der Waals surface area contributed by atoms with Crippen molar-refractivity contribution in [2.75, 3.05) is 0 Å². The van der Waals surface area contributed by atoms with E-state index in [9.17, 15) is 9.59 Å². The molecule has 4 rings (SSSR count). The number of rotatable bonds is 3. The Morgan fingerprint density at radius 3 is 2.74 bits per heavy atom. The van der Waals surface area contributed by atoms with Gasteiger partial charge in [0.15, 0.2) is 0 Å². The normalized spacial score (nSPS) is 15.0. The highest BCUT2D eigenvalue weighted by Gasteiger charge is 2.16. The molecule has 0 radical (unpaired) electrons. The summed E-state index contributed by atoms with van der Waals surface area (Å²) in [6.45, 7) is 2.69. The minimum atomic E-state index is -0.162. The number of nitrogens with zero attached hydrogens (tertiary/aromatic N) is 2. The standard InChI is InChI=1S/C22H23N3O2/c1-15(16-8-4-2-5-9-16)23-21(26)17-11-12-18-19(14-17)24-20-10-6-3-7-13-25(20)22(18)27/h2,4-5,8-9,11-12,14-15H,3,6-7,10,13H2,1H3,(H,23,26)/t15-/m1/s1. The monoisotopic (exact) mass is 361 g/mol. The van der Waals surface area contributed by atoms with E-state index >= 15 is 0 Å². The molecule has 2 aromatic carbocycles. The van der Waals surface area contributed by atoms with Gasteiger partial charge in [0.25, 0.3) is 11.5 Å². The number of carbonyl (C=O) groups is 1. The number of fused-ring (bicyclic) bond motifs is 2. The van der Waals surface area contributed by atoms with Crippen molar-refractivity contribution < 1.29 is 4.79 Å². The first-order valence-corrected chi connectivity index (χ1v) is 9.53. The van der Waals surface area contributed by atoms with Crippen LogP contribution in [0.3, 0.4) is 0 Å². The molecule has 1 N–H and O–H groups in total. The van der Waals surface area contributed by atoms with Crippen molar-refractivity contribution in [3.8, 4) is 0 Å². The molecule has 0 aliphatic carbocycles. The van der Waals surface area contributed by atoms with Gasteiger partial charge in [0.1, 0.15) is 5.82 Å². The Kier molecular flexibility index (Phi) is 4.75. The predicted molar refractivity (Wildman–Crippen MR) is 106 cm³/mol. The molecule has 1 aliphatic rings. The van der Waals surface area contributed by atoms with Crippen LogP contribution >= 0.6 is 0 Å². The second kappa shape index (κ2) is 7.35. The lowest BCUT2D eigenvalue weighted by atomic mass is 10.1. The van der Waals surface area contributed by atoms with Crippen molar-refractivity contribution in [3.63, 3.8) is 0 Å². The van der Waals surface area contributed by atoms with Gasteiger partial charge in [-0.25, -0.2) is 4.98 Å². The van der Waals surface area contributed by atoms with Gasteiger partial charge in [-0.3, -0.25) is 14.2 Å². The second-order valence-corrected chi connectivity index (χ2v) is 7.13. The lowest BCUT2D eigenvalue weighted by Gasteiger charge is -2.15. The third kappa shape index (κ3) is 3.50. The molecule has 138 valence electrons. The summed E-state index contributed by atoms with van der Waals surface area (Å²) in [7, 11) is 0. The first-order valence-electron chi connectivity index (χ1n) is 9.53. The van der Waals surface area contributed by atoms with E-state index in [1.165, 1.54) is 0 Å². The summed E-state index contributed by atoms with van der Waals surface area (Å²) in [6.07, 6.45) is 3.99. The van der Waals surface area contributed by atoms with Gasteiger partial charge in [-0.15, -0.1) is 0 Å². The van der Waals surface area contributed by atoms with Crippen LogP contribution in [0.5, 0.6) is 0 Å². The highest BCUT2D eigenvalue weighted by atomic mass is 16.1. The van der Waals surface area contributed by atoms with Crippen LogP contribution in [0.4, 0.5) is 0 Å². The summed E-state index contributed by atoms with van der Waals surface area (Å²) in [5.41, 5.74) is 2.18. The summed E-state index contributed by atoms with van der Waals surface area (Å²) in [6, 6.07) is 14.9. The zero-order valence-electron chi connectivity index (χ0n) is 15.4. The molecule has 0 spiro atoms. The Hall–Kier alpha value is -2.95. The smallest absolute Gasteiger partial charge is 0.261 e. The summed E-state index contributed by atoms with van der Waals surface area (Å²) in [5.74, 6) is 0.672. The average molecular weight is 361 g/mol. The molecule has 2 heterocycles. The molecule has 1 amide bonds. The molecule has 3 aromatic rings. The molecule has 5 heteroatoms. The van der Waals surface area contributed by atoms with Crippen molar-refractivity contribution in [3.05, 3.63) is 75.8 Å². The Morgan fingerprint density at radius 1 is 1.11 bits per heavy atom. The highest BCUT2D eigenvalue weighted by Crippen LogP contribution is 2.17. The van der Waals surface area contributed by atoms with E-state index in [4.69, 9.17) is 4.98 Å². The van der Waals surface area contributed by atoms with Crippen LogP contribution in [-0.4, -0.2) is 15.5 Å². The molecular formula is C22H23N3O2. The van der Waals surface area contributed by atoms with Gasteiger partial charge in [-0.1, -0.05) is 36.8 Å². The molecule has 0 unspecified atom stereocenters. The third-order valence-corrected chi connectivity index (χ3v) is 5.23. The summed E-state index contributed by atoms with van der Waals surface area (Å²) in [5, 5.41) is 3.59. The lowest BCUT2D eigenvalue weighted by molar-refractivity contribution is 0.0940. The fourth-order valence-electron chi connectivity index (χ4n) is 3.66. The van der Waals surface area contributed by atoms with Gasteiger partial charge in [-0.2, -0.15) is 0 Å². The van der Waals surface area contributed by atoms with E-state index in [0.29, 0.717) is 16.5 Å². The van der Waals surface area contributed by atoms with E-state index in [0.717, 1.165) is 43.6 Å². The fourth-order valence-corrected chi connectivity index (χ4v) is 3.66. The highest BCUT2D eigenvalue weighted by molar-refractivity contribution is 5.97. The van der Waals surface area contributed by atoms with Crippen LogP contribution in [0.1, 0.15) is 54.0 Å². The number of amides is 1. The number of nitrogens with one attached hydrogen (secondary N) is 1. The van der Waals surface area contributed by atoms with Crippen LogP contribution < -0.4 is 10.9 Å². The SMILES string of the molecule is C[C@@H](NC(=O)c1ccc2c(=O)n3c(nc2c1)CCCCC3)c1ccccc1. The van der Waals surface area contributed by atoms with E-state index in [1.807, 2.05) is 37.3 Å². The van der Waals surface area contributed by atoms with Gasteiger partial charge in [0.2, 0.25) is 0 Å². The van der Waals surface area contributed by atoms with Gasteiger partial charge in [0, 0.05) is 18.5 Å².